The quantitative estimate of drug-likeness (QED) is 0.333. The normalized spacial score (nSPS) is 15.2. The molecule has 0 amide bonds. The number of anilines is 1. The number of aromatic nitrogens is 4. The zero-order chi connectivity index (χ0) is 26.3. The first kappa shape index (κ1) is 25.1. The number of fused-ring (bicyclic) bond motifs is 1. The van der Waals surface area contributed by atoms with Crippen LogP contribution in [0.25, 0.3) is 22.2 Å². The summed E-state index contributed by atoms with van der Waals surface area (Å²) in [5.41, 5.74) is 3.12. The van der Waals surface area contributed by atoms with E-state index in [1.54, 1.807) is 19.4 Å². The summed E-state index contributed by atoms with van der Waals surface area (Å²) < 4.78 is 11.9. The van der Waals surface area contributed by atoms with Gasteiger partial charge in [0.2, 0.25) is 0 Å². The second-order valence-electron chi connectivity index (χ2n) is 9.23. The molecule has 0 radical (unpaired) electrons. The standard InChI is InChI=1S/C26H25Cl2N7O2/c1-14(23-18(27)10-31-11-19(23)28)37-22-7-16-20(8-21(22)36-4)33-34-24(16)15-5-6-32-25(17(15)9-29)35-12-26(2,13-35)30-3/h5-8,10-11,14,30H,12-13H2,1-4H3,(H,33,34)/t14-/m1/s1. The first-order valence-corrected chi connectivity index (χ1v) is 12.4. The van der Waals surface area contributed by atoms with Crippen LogP contribution in [0.4, 0.5) is 5.82 Å². The second-order valence-corrected chi connectivity index (χ2v) is 10.0. The molecule has 0 aliphatic carbocycles. The molecule has 1 saturated heterocycles. The summed E-state index contributed by atoms with van der Waals surface area (Å²) in [4.78, 5) is 10.6. The molecule has 0 unspecified atom stereocenters. The van der Waals surface area contributed by atoms with Crippen LogP contribution < -0.4 is 19.7 Å². The number of nitriles is 1. The lowest BCUT2D eigenvalue weighted by molar-refractivity contribution is 0.216. The number of methoxy groups -OCH3 is 1. The van der Waals surface area contributed by atoms with Crippen molar-refractivity contribution in [3.8, 4) is 28.8 Å². The molecule has 1 aromatic carbocycles. The molecule has 1 atom stereocenters. The highest BCUT2D eigenvalue weighted by Crippen LogP contribution is 2.41. The van der Waals surface area contributed by atoms with Gasteiger partial charge in [-0.1, -0.05) is 23.2 Å². The van der Waals surface area contributed by atoms with E-state index in [0.717, 1.165) is 24.0 Å². The Morgan fingerprint density at radius 2 is 1.95 bits per heavy atom. The van der Waals surface area contributed by atoms with Crippen LogP contribution in [0.3, 0.4) is 0 Å². The van der Waals surface area contributed by atoms with Crippen LogP contribution >= 0.6 is 23.2 Å². The molecule has 11 heteroatoms. The van der Waals surface area contributed by atoms with Crippen LogP contribution in [0.5, 0.6) is 11.5 Å². The molecule has 5 rings (SSSR count). The first-order chi connectivity index (χ1) is 17.8. The van der Waals surface area contributed by atoms with Gasteiger partial charge in [-0.25, -0.2) is 4.98 Å². The molecule has 4 aromatic rings. The monoisotopic (exact) mass is 537 g/mol. The molecule has 37 heavy (non-hydrogen) atoms. The van der Waals surface area contributed by atoms with Gasteiger partial charge in [-0.15, -0.1) is 0 Å². The highest BCUT2D eigenvalue weighted by molar-refractivity contribution is 6.35. The Labute approximate surface area is 224 Å². The van der Waals surface area contributed by atoms with Crippen LogP contribution in [0, 0.1) is 11.3 Å². The molecule has 1 aliphatic heterocycles. The van der Waals surface area contributed by atoms with Crippen molar-refractivity contribution in [3.05, 3.63) is 58.0 Å². The lowest BCUT2D eigenvalue weighted by atomic mass is 9.91. The number of likely N-dealkylation sites (N-methyl/N-ethyl adjacent to an activating group) is 1. The number of H-pyrrole nitrogens is 1. The van der Waals surface area contributed by atoms with Crippen molar-refractivity contribution in [2.45, 2.75) is 25.5 Å². The highest BCUT2D eigenvalue weighted by atomic mass is 35.5. The Balaban J connectivity index is 1.56. The van der Waals surface area contributed by atoms with Gasteiger partial charge < -0.3 is 19.7 Å². The van der Waals surface area contributed by atoms with E-state index in [9.17, 15) is 5.26 Å². The van der Waals surface area contributed by atoms with Crippen LogP contribution in [0.15, 0.2) is 36.8 Å². The van der Waals surface area contributed by atoms with Crippen molar-refractivity contribution in [2.24, 2.45) is 0 Å². The van der Waals surface area contributed by atoms with Crippen molar-refractivity contribution in [2.75, 3.05) is 32.1 Å². The summed E-state index contributed by atoms with van der Waals surface area (Å²) >= 11 is 12.7. The van der Waals surface area contributed by atoms with Gasteiger partial charge >= 0.3 is 0 Å². The molecule has 1 aliphatic rings. The number of rotatable bonds is 7. The number of benzene rings is 1. The van der Waals surface area contributed by atoms with E-state index in [2.05, 4.69) is 43.4 Å². The van der Waals surface area contributed by atoms with Crippen molar-refractivity contribution in [1.29, 1.82) is 5.26 Å². The summed E-state index contributed by atoms with van der Waals surface area (Å²) in [7, 11) is 3.50. The maximum atomic E-state index is 10.1. The molecular weight excluding hydrogens is 513 g/mol. The third-order valence-electron chi connectivity index (χ3n) is 6.73. The molecule has 0 bridgehead atoms. The molecule has 2 N–H and O–H groups in total. The van der Waals surface area contributed by atoms with Gasteiger partial charge in [0.15, 0.2) is 11.5 Å². The zero-order valence-electron chi connectivity index (χ0n) is 20.8. The summed E-state index contributed by atoms with van der Waals surface area (Å²) in [6, 6.07) is 7.80. The number of nitrogens with zero attached hydrogens (tertiary/aromatic N) is 5. The van der Waals surface area contributed by atoms with Gasteiger partial charge in [-0.05, 0) is 33.0 Å². The highest BCUT2D eigenvalue weighted by Gasteiger charge is 2.39. The molecule has 4 heterocycles. The van der Waals surface area contributed by atoms with Gasteiger partial charge in [-0.2, -0.15) is 10.4 Å². The van der Waals surface area contributed by atoms with E-state index in [4.69, 9.17) is 32.7 Å². The Morgan fingerprint density at radius 3 is 2.59 bits per heavy atom. The van der Waals surface area contributed by atoms with Gasteiger partial charge in [0, 0.05) is 54.3 Å². The first-order valence-electron chi connectivity index (χ1n) is 11.6. The maximum absolute atomic E-state index is 10.1. The number of aromatic amines is 1. The lowest BCUT2D eigenvalue weighted by Crippen LogP contribution is -2.67. The molecule has 3 aromatic heterocycles. The van der Waals surface area contributed by atoms with Crippen LogP contribution in [-0.4, -0.2) is 53.0 Å². The van der Waals surface area contributed by atoms with E-state index in [-0.39, 0.29) is 5.54 Å². The van der Waals surface area contributed by atoms with Crippen LogP contribution in [-0.2, 0) is 0 Å². The Morgan fingerprint density at radius 1 is 1.22 bits per heavy atom. The van der Waals surface area contributed by atoms with Gasteiger partial charge in [-0.3, -0.25) is 10.1 Å². The van der Waals surface area contributed by atoms with E-state index in [1.165, 1.54) is 12.4 Å². The molecule has 190 valence electrons. The Hall–Kier alpha value is -3.58. The number of halogens is 2. The fourth-order valence-electron chi connectivity index (χ4n) is 4.64. The van der Waals surface area contributed by atoms with Crippen molar-refractivity contribution in [1.82, 2.24) is 25.5 Å². The van der Waals surface area contributed by atoms with E-state index in [0.29, 0.717) is 49.7 Å². The number of ether oxygens (including phenoxy) is 2. The topological polar surface area (TPSA) is 112 Å². The SMILES string of the molecule is CNC1(C)CN(c2nccc(-c3n[nH]c4cc(OC)c(O[C@H](C)c5c(Cl)cncc5Cl)cc34)c2C#N)C1. The molecule has 9 nitrogen and oxygen atoms in total. The molecule has 1 fully saturated rings. The second kappa shape index (κ2) is 9.71. The van der Waals surface area contributed by atoms with E-state index in [1.807, 2.05) is 26.1 Å². The minimum Gasteiger partial charge on any atom is -0.493 e. The van der Waals surface area contributed by atoms with Gasteiger partial charge in [0.1, 0.15) is 29.2 Å². The van der Waals surface area contributed by atoms with Crippen molar-refractivity contribution >= 4 is 39.9 Å². The van der Waals surface area contributed by atoms with Crippen molar-refractivity contribution in [3.63, 3.8) is 0 Å². The van der Waals surface area contributed by atoms with Crippen molar-refractivity contribution < 1.29 is 9.47 Å². The lowest BCUT2D eigenvalue weighted by Gasteiger charge is -2.48. The Kier molecular flexibility index (Phi) is 6.58. The number of hydrogen-bond donors (Lipinski definition) is 2. The number of nitrogens with one attached hydrogen (secondary N) is 2. The summed E-state index contributed by atoms with van der Waals surface area (Å²) in [5.74, 6) is 1.64. The predicted molar refractivity (Wildman–Crippen MR) is 144 cm³/mol. The average Bonchev–Trinajstić information content (AvgIpc) is 3.28. The number of hydrogen-bond acceptors (Lipinski definition) is 8. The molecule has 0 spiro atoms. The number of pyridine rings is 2. The van der Waals surface area contributed by atoms with Gasteiger partial charge in [0.25, 0.3) is 0 Å². The molecular formula is C26H25Cl2N7O2. The summed E-state index contributed by atoms with van der Waals surface area (Å²) in [6.07, 6.45) is 4.27. The zero-order valence-corrected chi connectivity index (χ0v) is 22.3. The van der Waals surface area contributed by atoms with E-state index >= 15 is 0 Å². The largest absolute Gasteiger partial charge is 0.493 e. The van der Waals surface area contributed by atoms with Crippen LogP contribution in [0.2, 0.25) is 10.0 Å². The van der Waals surface area contributed by atoms with Gasteiger partial charge in [0.05, 0.1) is 28.2 Å². The molecule has 0 saturated carbocycles. The minimum atomic E-state index is -0.486. The fraction of sp³-hybridized carbons (Fsp3) is 0.308. The summed E-state index contributed by atoms with van der Waals surface area (Å²) in [6.45, 7) is 5.50. The van der Waals surface area contributed by atoms with Crippen LogP contribution in [0.1, 0.15) is 31.1 Å². The smallest absolute Gasteiger partial charge is 0.162 e. The third-order valence-corrected chi connectivity index (χ3v) is 7.33. The third kappa shape index (κ3) is 4.42. The summed E-state index contributed by atoms with van der Waals surface area (Å²) in [5, 5.41) is 22.6. The Bertz CT molecular complexity index is 1510. The maximum Gasteiger partial charge on any atom is 0.162 e. The minimum absolute atomic E-state index is 0.0104. The van der Waals surface area contributed by atoms with E-state index < -0.39 is 6.10 Å². The fourth-order valence-corrected chi connectivity index (χ4v) is 5.31. The predicted octanol–water partition coefficient (Wildman–Crippen LogP) is 5.15. The average molecular weight is 538 g/mol.